The van der Waals surface area contributed by atoms with Crippen LogP contribution in [-0.4, -0.2) is 30.1 Å². The summed E-state index contributed by atoms with van der Waals surface area (Å²) in [5.41, 5.74) is -0.924. The van der Waals surface area contributed by atoms with Crippen molar-refractivity contribution in [2.24, 2.45) is 0 Å². The minimum atomic E-state index is -1.71. The Morgan fingerprint density at radius 2 is 2.05 bits per heavy atom. The number of aliphatic carboxylic acids is 1. The zero-order valence-electron chi connectivity index (χ0n) is 10.1. The number of carbonyl (C=O) groups excluding carboxylic acids is 2. The van der Waals surface area contributed by atoms with Crippen molar-refractivity contribution in [3.05, 3.63) is 27.7 Å². The molecule has 0 spiro atoms. The fraction of sp³-hybridized carbons (Fsp3) is 0.250. The topological polar surface area (TPSA) is 92.7 Å². The standard InChI is InChI=1S/C12H10BrNO5/c1-12(11(17)18)6-3-5(9(15)19-2)7(13)4-8(6)14-10(12)16/h3-4H,1-2H3,(H,14,16)(H,17,18). The summed E-state index contributed by atoms with van der Waals surface area (Å²) < 4.78 is 5.03. The second kappa shape index (κ2) is 4.34. The molecular formula is C12H10BrNO5. The van der Waals surface area contributed by atoms with Crippen LogP contribution in [0, 0.1) is 0 Å². The Labute approximate surface area is 116 Å². The normalized spacial score (nSPS) is 20.7. The first kappa shape index (κ1) is 13.5. The molecule has 1 unspecified atom stereocenters. The van der Waals surface area contributed by atoms with Gasteiger partial charge in [0.25, 0.3) is 0 Å². The first-order valence-electron chi connectivity index (χ1n) is 5.29. The molecule has 1 aromatic carbocycles. The quantitative estimate of drug-likeness (QED) is 0.634. The predicted molar refractivity (Wildman–Crippen MR) is 69.1 cm³/mol. The van der Waals surface area contributed by atoms with Gasteiger partial charge in [-0.3, -0.25) is 9.59 Å². The molecule has 19 heavy (non-hydrogen) atoms. The molecule has 2 rings (SSSR count). The number of carboxylic acids is 1. The molecule has 0 aliphatic carbocycles. The number of carboxylic acid groups (broad SMARTS) is 1. The lowest BCUT2D eigenvalue weighted by atomic mass is 9.83. The van der Waals surface area contributed by atoms with E-state index in [2.05, 4.69) is 26.0 Å². The van der Waals surface area contributed by atoms with Crippen molar-refractivity contribution in [1.82, 2.24) is 0 Å². The van der Waals surface area contributed by atoms with Gasteiger partial charge in [0.2, 0.25) is 5.91 Å². The maximum atomic E-state index is 11.8. The Bertz CT molecular complexity index is 612. The fourth-order valence-electron chi connectivity index (χ4n) is 1.94. The van der Waals surface area contributed by atoms with Gasteiger partial charge in [-0.1, -0.05) is 0 Å². The van der Waals surface area contributed by atoms with E-state index in [1.165, 1.54) is 26.2 Å². The Balaban J connectivity index is 2.68. The number of fused-ring (bicyclic) bond motifs is 1. The molecule has 6 nitrogen and oxygen atoms in total. The number of rotatable bonds is 2. The van der Waals surface area contributed by atoms with Gasteiger partial charge in [0.1, 0.15) is 0 Å². The third-order valence-corrected chi connectivity index (χ3v) is 3.84. The van der Waals surface area contributed by atoms with Crippen molar-refractivity contribution in [2.75, 3.05) is 12.4 Å². The molecule has 7 heteroatoms. The number of anilines is 1. The number of nitrogens with one attached hydrogen (secondary N) is 1. The molecule has 1 amide bonds. The minimum Gasteiger partial charge on any atom is -0.480 e. The average Bonchev–Trinajstić information content (AvgIpc) is 2.60. The summed E-state index contributed by atoms with van der Waals surface area (Å²) in [6.45, 7) is 1.30. The van der Waals surface area contributed by atoms with Crippen LogP contribution in [0.2, 0.25) is 0 Å². The van der Waals surface area contributed by atoms with Gasteiger partial charge in [-0.15, -0.1) is 0 Å². The molecule has 1 aromatic rings. The van der Waals surface area contributed by atoms with Crippen LogP contribution >= 0.6 is 15.9 Å². The Hall–Kier alpha value is -1.89. The van der Waals surface area contributed by atoms with Gasteiger partial charge in [-0.05, 0) is 35.0 Å². The minimum absolute atomic E-state index is 0.172. The van der Waals surface area contributed by atoms with Crippen molar-refractivity contribution in [3.8, 4) is 0 Å². The fourth-order valence-corrected chi connectivity index (χ4v) is 2.44. The summed E-state index contributed by atoms with van der Waals surface area (Å²) in [5, 5.41) is 11.7. The summed E-state index contributed by atoms with van der Waals surface area (Å²) in [4.78, 5) is 34.8. The molecule has 0 fully saturated rings. The molecule has 2 N–H and O–H groups in total. The molecule has 0 saturated carbocycles. The van der Waals surface area contributed by atoms with Crippen molar-refractivity contribution in [3.63, 3.8) is 0 Å². The predicted octanol–water partition coefficient (Wildman–Crippen LogP) is 1.53. The highest BCUT2D eigenvalue weighted by molar-refractivity contribution is 9.10. The first-order valence-corrected chi connectivity index (χ1v) is 6.09. The third kappa shape index (κ3) is 1.81. The Kier molecular flexibility index (Phi) is 3.09. The molecule has 1 atom stereocenters. The first-order chi connectivity index (χ1) is 8.82. The van der Waals surface area contributed by atoms with Gasteiger partial charge >= 0.3 is 11.9 Å². The van der Waals surface area contributed by atoms with Crippen molar-refractivity contribution in [1.29, 1.82) is 0 Å². The number of benzene rings is 1. The smallest absolute Gasteiger partial charge is 0.339 e. The van der Waals surface area contributed by atoms with Crippen LogP contribution in [0.4, 0.5) is 5.69 Å². The number of hydrogen-bond acceptors (Lipinski definition) is 4. The van der Waals surface area contributed by atoms with E-state index >= 15 is 0 Å². The van der Waals surface area contributed by atoms with Crippen molar-refractivity contribution < 1.29 is 24.2 Å². The third-order valence-electron chi connectivity index (χ3n) is 3.18. The maximum Gasteiger partial charge on any atom is 0.339 e. The van der Waals surface area contributed by atoms with Gasteiger partial charge in [-0.25, -0.2) is 4.79 Å². The van der Waals surface area contributed by atoms with E-state index in [1.54, 1.807) is 0 Å². The summed E-state index contributed by atoms with van der Waals surface area (Å²) in [7, 11) is 1.22. The van der Waals surface area contributed by atoms with Gasteiger partial charge in [0.05, 0.1) is 12.7 Å². The lowest BCUT2D eigenvalue weighted by Gasteiger charge is -2.16. The lowest BCUT2D eigenvalue weighted by Crippen LogP contribution is -2.39. The number of ether oxygens (including phenoxy) is 1. The second-order valence-corrected chi connectivity index (χ2v) is 5.11. The van der Waals surface area contributed by atoms with Gasteiger partial charge < -0.3 is 15.2 Å². The van der Waals surface area contributed by atoms with E-state index < -0.39 is 23.3 Å². The van der Waals surface area contributed by atoms with E-state index in [9.17, 15) is 19.5 Å². The molecule has 0 bridgehead atoms. The van der Waals surface area contributed by atoms with Crippen molar-refractivity contribution in [2.45, 2.75) is 12.3 Å². The summed E-state index contributed by atoms with van der Waals surface area (Å²) in [5.74, 6) is -2.52. The maximum absolute atomic E-state index is 11.8. The molecule has 1 aliphatic rings. The highest BCUT2D eigenvalue weighted by Gasteiger charge is 2.50. The van der Waals surface area contributed by atoms with E-state index in [4.69, 9.17) is 0 Å². The molecule has 0 radical (unpaired) electrons. The molecule has 0 saturated heterocycles. The Morgan fingerprint density at radius 1 is 1.42 bits per heavy atom. The zero-order valence-corrected chi connectivity index (χ0v) is 11.7. The van der Waals surface area contributed by atoms with Crippen LogP contribution in [0.3, 0.4) is 0 Å². The number of amides is 1. The van der Waals surface area contributed by atoms with Crippen molar-refractivity contribution >= 4 is 39.5 Å². The van der Waals surface area contributed by atoms with Crippen LogP contribution < -0.4 is 5.32 Å². The van der Waals surface area contributed by atoms with Gasteiger partial charge in [0.15, 0.2) is 5.41 Å². The summed E-state index contributed by atoms with van der Waals surface area (Å²) in [6, 6.07) is 2.85. The van der Waals surface area contributed by atoms with Gasteiger partial charge in [-0.2, -0.15) is 0 Å². The van der Waals surface area contributed by atoms with Crippen LogP contribution in [0.15, 0.2) is 16.6 Å². The SMILES string of the molecule is COC(=O)c1cc2c(cc1Br)NC(=O)C2(C)C(=O)O. The monoisotopic (exact) mass is 327 g/mol. The number of esters is 1. The average molecular weight is 328 g/mol. The van der Waals surface area contributed by atoms with E-state index in [0.29, 0.717) is 10.2 Å². The molecule has 1 heterocycles. The van der Waals surface area contributed by atoms with E-state index in [-0.39, 0.29) is 11.1 Å². The van der Waals surface area contributed by atoms with Gasteiger partial charge in [0, 0.05) is 15.7 Å². The second-order valence-electron chi connectivity index (χ2n) is 4.25. The lowest BCUT2D eigenvalue weighted by molar-refractivity contribution is -0.146. The number of carbonyl (C=O) groups is 3. The highest BCUT2D eigenvalue weighted by atomic mass is 79.9. The largest absolute Gasteiger partial charge is 0.480 e. The number of hydrogen-bond donors (Lipinski definition) is 2. The molecule has 0 aromatic heterocycles. The highest BCUT2D eigenvalue weighted by Crippen LogP contribution is 2.40. The van der Waals surface area contributed by atoms with E-state index in [1.807, 2.05) is 0 Å². The number of methoxy groups -OCH3 is 1. The van der Waals surface area contributed by atoms with Crippen LogP contribution in [-0.2, 0) is 19.7 Å². The van der Waals surface area contributed by atoms with E-state index in [0.717, 1.165) is 0 Å². The zero-order chi connectivity index (χ0) is 14.4. The molecule has 100 valence electrons. The Morgan fingerprint density at radius 3 is 2.58 bits per heavy atom. The molecular weight excluding hydrogens is 318 g/mol. The summed E-state index contributed by atoms with van der Waals surface area (Å²) >= 11 is 3.19. The van der Waals surface area contributed by atoms with Crippen LogP contribution in [0.1, 0.15) is 22.8 Å². The van der Waals surface area contributed by atoms with Crippen LogP contribution in [0.5, 0.6) is 0 Å². The van der Waals surface area contributed by atoms with Crippen LogP contribution in [0.25, 0.3) is 0 Å². The summed E-state index contributed by atoms with van der Waals surface area (Å²) in [6.07, 6.45) is 0. The molecule has 1 aliphatic heterocycles. The number of halogens is 1.